The summed E-state index contributed by atoms with van der Waals surface area (Å²) in [5.41, 5.74) is 2.76. The Kier molecular flexibility index (Phi) is 5.36. The fourth-order valence-corrected chi connectivity index (χ4v) is 3.21. The average molecular weight is 417 g/mol. The van der Waals surface area contributed by atoms with Gasteiger partial charge in [-0.2, -0.15) is 0 Å². The van der Waals surface area contributed by atoms with Crippen LogP contribution in [-0.2, 0) is 0 Å². The highest BCUT2D eigenvalue weighted by Crippen LogP contribution is 2.27. The highest BCUT2D eigenvalue weighted by atomic mass is 19.1. The van der Waals surface area contributed by atoms with Crippen molar-refractivity contribution >= 4 is 39.9 Å². The van der Waals surface area contributed by atoms with Gasteiger partial charge in [0.25, 0.3) is 11.8 Å². The molecule has 0 saturated heterocycles. The molecule has 4 rings (SSSR count). The van der Waals surface area contributed by atoms with E-state index in [9.17, 15) is 14.0 Å². The van der Waals surface area contributed by atoms with Gasteiger partial charge < -0.3 is 20.9 Å². The van der Waals surface area contributed by atoms with Crippen LogP contribution in [0.1, 0.15) is 26.3 Å². The molecule has 156 valence electrons. The molecule has 0 atom stereocenters. The van der Waals surface area contributed by atoms with E-state index in [2.05, 4.69) is 25.9 Å². The molecule has 0 saturated carbocycles. The predicted octanol–water partition coefficient (Wildman–Crippen LogP) is 4.37. The monoisotopic (exact) mass is 417 g/mol. The Bertz CT molecular complexity index is 1300. The van der Waals surface area contributed by atoms with Gasteiger partial charge in [-0.05, 0) is 42.8 Å². The second-order valence-electron chi connectivity index (χ2n) is 6.99. The summed E-state index contributed by atoms with van der Waals surface area (Å²) in [6, 6.07) is 13.6. The number of halogens is 1. The van der Waals surface area contributed by atoms with Gasteiger partial charge in [0.05, 0.1) is 16.8 Å². The molecule has 4 N–H and O–H groups in total. The van der Waals surface area contributed by atoms with Crippen LogP contribution in [0.4, 0.5) is 21.6 Å². The zero-order valence-electron chi connectivity index (χ0n) is 16.9. The third-order valence-electron chi connectivity index (χ3n) is 4.91. The van der Waals surface area contributed by atoms with E-state index < -0.39 is 11.7 Å². The minimum Gasteiger partial charge on any atom is -0.361 e. The smallest absolute Gasteiger partial charge is 0.258 e. The van der Waals surface area contributed by atoms with E-state index in [0.29, 0.717) is 16.7 Å². The molecule has 2 heterocycles. The molecule has 0 bridgehead atoms. The Labute approximate surface area is 177 Å². The summed E-state index contributed by atoms with van der Waals surface area (Å²) < 4.78 is 14.5. The van der Waals surface area contributed by atoms with Crippen LogP contribution in [0.3, 0.4) is 0 Å². The average Bonchev–Trinajstić information content (AvgIpc) is 3.22. The molecule has 0 aliphatic carbocycles. The summed E-state index contributed by atoms with van der Waals surface area (Å²) in [5.74, 6) is -1.33. The second kappa shape index (κ2) is 8.27. The lowest BCUT2D eigenvalue weighted by Crippen LogP contribution is -2.20. The summed E-state index contributed by atoms with van der Waals surface area (Å²) in [6.45, 7) is 1.93. The topological polar surface area (TPSA) is 98.9 Å². The number of aromatic nitrogens is 2. The van der Waals surface area contributed by atoms with Gasteiger partial charge in [0.2, 0.25) is 0 Å². The first kappa shape index (κ1) is 20.1. The summed E-state index contributed by atoms with van der Waals surface area (Å²) >= 11 is 0. The van der Waals surface area contributed by atoms with Crippen molar-refractivity contribution in [2.75, 3.05) is 17.7 Å². The zero-order valence-corrected chi connectivity index (χ0v) is 16.9. The molecular formula is C23H20FN5O2. The fourth-order valence-electron chi connectivity index (χ4n) is 3.21. The number of carbonyl (C=O) groups excluding carboxylic acids is 2. The molecule has 2 aromatic carbocycles. The van der Waals surface area contributed by atoms with E-state index in [4.69, 9.17) is 0 Å². The molecule has 7 nitrogen and oxygen atoms in total. The van der Waals surface area contributed by atoms with Crippen LogP contribution in [0.5, 0.6) is 0 Å². The molecule has 0 radical (unpaired) electrons. The molecule has 0 aliphatic rings. The number of pyridine rings is 1. The lowest BCUT2D eigenvalue weighted by Gasteiger charge is -2.15. The number of aryl methyl sites for hydroxylation is 1. The molecular weight excluding hydrogens is 397 g/mol. The third-order valence-corrected chi connectivity index (χ3v) is 4.91. The van der Waals surface area contributed by atoms with E-state index in [-0.39, 0.29) is 22.7 Å². The summed E-state index contributed by atoms with van der Waals surface area (Å²) in [4.78, 5) is 32.2. The van der Waals surface area contributed by atoms with Gasteiger partial charge in [0.15, 0.2) is 5.82 Å². The molecule has 2 amide bonds. The number of benzene rings is 2. The van der Waals surface area contributed by atoms with Crippen molar-refractivity contribution in [3.8, 4) is 0 Å². The van der Waals surface area contributed by atoms with E-state index in [1.165, 1.54) is 31.4 Å². The summed E-state index contributed by atoms with van der Waals surface area (Å²) in [5, 5.41) is 9.09. The maximum Gasteiger partial charge on any atom is 0.258 e. The van der Waals surface area contributed by atoms with Gasteiger partial charge in [-0.15, -0.1) is 0 Å². The molecule has 0 spiro atoms. The number of anilines is 3. The van der Waals surface area contributed by atoms with Crippen LogP contribution >= 0.6 is 0 Å². The van der Waals surface area contributed by atoms with Gasteiger partial charge in [-0.1, -0.05) is 18.2 Å². The number of fused-ring (bicyclic) bond motifs is 1. The van der Waals surface area contributed by atoms with Crippen LogP contribution in [0, 0.1) is 12.7 Å². The minimum atomic E-state index is -0.656. The SMILES string of the molecule is CNC(=O)c1cnc(Nc2ccccc2C)c(NC(=O)c2cc3cc[nH]c3cc2F)c1. The van der Waals surface area contributed by atoms with E-state index in [1.54, 1.807) is 12.3 Å². The molecule has 2 aromatic heterocycles. The number of H-pyrrole nitrogens is 1. The fraction of sp³-hybridized carbons (Fsp3) is 0.0870. The van der Waals surface area contributed by atoms with E-state index >= 15 is 0 Å². The number of amides is 2. The van der Waals surface area contributed by atoms with E-state index in [1.807, 2.05) is 31.2 Å². The second-order valence-corrected chi connectivity index (χ2v) is 6.99. The van der Waals surface area contributed by atoms with Crippen LogP contribution in [0.15, 0.2) is 60.9 Å². The van der Waals surface area contributed by atoms with Crippen molar-refractivity contribution in [1.29, 1.82) is 0 Å². The standard InChI is InChI=1S/C23H20FN5O2/c1-13-5-3-4-6-18(13)28-21-20(10-15(12-27-21)22(30)25-2)29-23(31)16-9-14-7-8-26-19(14)11-17(16)24/h3-12,26H,1-2H3,(H,25,30)(H,27,28)(H,29,31). The number of aromatic amines is 1. The van der Waals surface area contributed by atoms with Crippen LogP contribution in [0.2, 0.25) is 0 Å². The van der Waals surface area contributed by atoms with Gasteiger partial charge in [0.1, 0.15) is 5.82 Å². The normalized spacial score (nSPS) is 10.7. The molecule has 0 fully saturated rings. The first-order valence-corrected chi connectivity index (χ1v) is 9.59. The zero-order chi connectivity index (χ0) is 22.0. The Hall–Kier alpha value is -4.20. The van der Waals surface area contributed by atoms with Gasteiger partial charge >= 0.3 is 0 Å². The van der Waals surface area contributed by atoms with Gasteiger partial charge in [-0.25, -0.2) is 9.37 Å². The van der Waals surface area contributed by atoms with Crippen molar-refractivity contribution in [2.24, 2.45) is 0 Å². The lowest BCUT2D eigenvalue weighted by molar-refractivity contribution is 0.0961. The Morgan fingerprint density at radius 1 is 1.03 bits per heavy atom. The Morgan fingerprint density at radius 3 is 2.61 bits per heavy atom. The molecule has 8 heteroatoms. The van der Waals surface area contributed by atoms with Crippen molar-refractivity contribution in [1.82, 2.24) is 15.3 Å². The summed E-state index contributed by atoms with van der Waals surface area (Å²) in [6.07, 6.45) is 3.08. The minimum absolute atomic E-state index is 0.112. The van der Waals surface area contributed by atoms with Crippen molar-refractivity contribution in [3.05, 3.63) is 83.4 Å². The number of carbonyl (C=O) groups is 2. The van der Waals surface area contributed by atoms with E-state index in [0.717, 1.165) is 11.3 Å². The summed E-state index contributed by atoms with van der Waals surface area (Å²) in [7, 11) is 1.50. The first-order chi connectivity index (χ1) is 15.0. The third kappa shape index (κ3) is 4.09. The van der Waals surface area contributed by atoms with Gasteiger partial charge in [-0.3, -0.25) is 9.59 Å². The van der Waals surface area contributed by atoms with Crippen LogP contribution in [-0.4, -0.2) is 28.8 Å². The number of nitrogens with one attached hydrogen (secondary N) is 4. The molecule has 0 unspecified atom stereocenters. The quantitative estimate of drug-likeness (QED) is 0.388. The first-order valence-electron chi connectivity index (χ1n) is 9.59. The highest BCUT2D eigenvalue weighted by Gasteiger charge is 2.18. The van der Waals surface area contributed by atoms with Gasteiger partial charge in [0, 0.05) is 36.0 Å². The number of hydrogen-bond acceptors (Lipinski definition) is 4. The predicted molar refractivity (Wildman–Crippen MR) is 118 cm³/mol. The number of para-hydroxylation sites is 1. The highest BCUT2D eigenvalue weighted by molar-refractivity contribution is 6.08. The van der Waals surface area contributed by atoms with Crippen molar-refractivity contribution in [2.45, 2.75) is 6.92 Å². The Balaban J connectivity index is 1.71. The number of rotatable bonds is 5. The Morgan fingerprint density at radius 2 is 1.84 bits per heavy atom. The number of nitrogens with zero attached hydrogens (tertiary/aromatic N) is 1. The maximum absolute atomic E-state index is 14.5. The van der Waals surface area contributed by atoms with Crippen molar-refractivity contribution in [3.63, 3.8) is 0 Å². The lowest BCUT2D eigenvalue weighted by atomic mass is 10.1. The maximum atomic E-state index is 14.5. The number of hydrogen-bond donors (Lipinski definition) is 4. The van der Waals surface area contributed by atoms with Crippen molar-refractivity contribution < 1.29 is 14.0 Å². The molecule has 4 aromatic rings. The van der Waals surface area contributed by atoms with Crippen LogP contribution < -0.4 is 16.0 Å². The molecule has 31 heavy (non-hydrogen) atoms. The van der Waals surface area contributed by atoms with Crippen LogP contribution in [0.25, 0.3) is 10.9 Å². The largest absolute Gasteiger partial charge is 0.361 e. The molecule has 0 aliphatic heterocycles.